The van der Waals surface area contributed by atoms with E-state index >= 15 is 0 Å². The summed E-state index contributed by atoms with van der Waals surface area (Å²) < 4.78 is 10.4. The molecule has 0 amide bonds. The fraction of sp³-hybridized carbons (Fsp3) is 0.800. The van der Waals surface area contributed by atoms with Gasteiger partial charge in [0, 0.05) is 27.2 Å². The van der Waals surface area contributed by atoms with Crippen molar-refractivity contribution in [2.45, 2.75) is 26.3 Å². The standard InChI is InChI=1S/C10H19N3O2/c1-8(10-12-11-9(2)15-10)13(3)6-5-7-14-4/h8H,5-7H2,1-4H3. The molecule has 0 fully saturated rings. The third-order valence-corrected chi connectivity index (χ3v) is 2.42. The second-order valence-electron chi connectivity index (χ2n) is 3.66. The molecule has 0 aliphatic heterocycles. The Labute approximate surface area is 90.4 Å². The molecular formula is C10H19N3O2. The lowest BCUT2D eigenvalue weighted by atomic mass is 10.3. The van der Waals surface area contributed by atoms with Crippen LogP contribution in [0.3, 0.4) is 0 Å². The molecule has 1 rings (SSSR count). The van der Waals surface area contributed by atoms with Gasteiger partial charge in [-0.3, -0.25) is 4.90 Å². The van der Waals surface area contributed by atoms with Crippen molar-refractivity contribution in [3.8, 4) is 0 Å². The predicted octanol–water partition coefficient (Wildman–Crippen LogP) is 1.41. The molecular weight excluding hydrogens is 194 g/mol. The number of hydrogen-bond acceptors (Lipinski definition) is 5. The molecule has 0 bridgehead atoms. The smallest absolute Gasteiger partial charge is 0.233 e. The van der Waals surface area contributed by atoms with Crippen molar-refractivity contribution in [1.29, 1.82) is 0 Å². The average Bonchev–Trinajstić information content (AvgIpc) is 2.64. The first kappa shape index (κ1) is 12.1. The third kappa shape index (κ3) is 3.60. The zero-order chi connectivity index (χ0) is 11.3. The summed E-state index contributed by atoms with van der Waals surface area (Å²) >= 11 is 0. The number of nitrogens with zero attached hydrogens (tertiary/aromatic N) is 3. The van der Waals surface area contributed by atoms with E-state index in [2.05, 4.69) is 22.0 Å². The van der Waals surface area contributed by atoms with Crippen molar-refractivity contribution in [3.05, 3.63) is 11.8 Å². The monoisotopic (exact) mass is 213 g/mol. The Morgan fingerprint density at radius 1 is 1.47 bits per heavy atom. The van der Waals surface area contributed by atoms with E-state index < -0.39 is 0 Å². The van der Waals surface area contributed by atoms with Gasteiger partial charge in [-0.2, -0.15) is 0 Å². The molecule has 1 aromatic heterocycles. The highest BCUT2D eigenvalue weighted by Crippen LogP contribution is 2.16. The number of aryl methyl sites for hydroxylation is 1. The maximum absolute atomic E-state index is 5.38. The zero-order valence-electron chi connectivity index (χ0n) is 9.86. The second kappa shape index (κ2) is 5.82. The van der Waals surface area contributed by atoms with Crippen molar-refractivity contribution < 1.29 is 9.15 Å². The van der Waals surface area contributed by atoms with Gasteiger partial charge < -0.3 is 9.15 Å². The zero-order valence-corrected chi connectivity index (χ0v) is 9.86. The molecule has 0 aromatic carbocycles. The fourth-order valence-corrected chi connectivity index (χ4v) is 1.32. The molecule has 5 heteroatoms. The van der Waals surface area contributed by atoms with Crippen molar-refractivity contribution >= 4 is 0 Å². The molecule has 15 heavy (non-hydrogen) atoms. The third-order valence-electron chi connectivity index (χ3n) is 2.42. The summed E-state index contributed by atoms with van der Waals surface area (Å²) in [6.07, 6.45) is 1.00. The molecule has 1 unspecified atom stereocenters. The molecule has 1 atom stereocenters. The first-order valence-electron chi connectivity index (χ1n) is 5.14. The van der Waals surface area contributed by atoms with Gasteiger partial charge in [0.15, 0.2) is 0 Å². The summed E-state index contributed by atoms with van der Waals surface area (Å²) in [5.41, 5.74) is 0. The van der Waals surface area contributed by atoms with Gasteiger partial charge in [0.05, 0.1) is 6.04 Å². The van der Waals surface area contributed by atoms with Gasteiger partial charge in [-0.15, -0.1) is 10.2 Å². The van der Waals surface area contributed by atoms with Crippen molar-refractivity contribution in [3.63, 3.8) is 0 Å². The summed E-state index contributed by atoms with van der Waals surface area (Å²) in [5.74, 6) is 1.29. The van der Waals surface area contributed by atoms with E-state index in [-0.39, 0.29) is 6.04 Å². The van der Waals surface area contributed by atoms with Gasteiger partial charge >= 0.3 is 0 Å². The molecule has 0 aliphatic carbocycles. The minimum atomic E-state index is 0.156. The van der Waals surface area contributed by atoms with Crippen molar-refractivity contribution in [1.82, 2.24) is 15.1 Å². The van der Waals surface area contributed by atoms with Crippen LogP contribution in [-0.2, 0) is 4.74 Å². The molecule has 0 saturated carbocycles. The number of rotatable bonds is 6. The van der Waals surface area contributed by atoms with E-state index in [0.29, 0.717) is 11.8 Å². The lowest BCUT2D eigenvalue weighted by Crippen LogP contribution is -2.24. The Balaban J connectivity index is 2.42. The maximum atomic E-state index is 5.38. The van der Waals surface area contributed by atoms with Crippen LogP contribution in [0.4, 0.5) is 0 Å². The van der Waals surface area contributed by atoms with Crippen LogP contribution in [0, 0.1) is 6.92 Å². The first-order valence-corrected chi connectivity index (χ1v) is 5.14. The van der Waals surface area contributed by atoms with Gasteiger partial charge in [-0.05, 0) is 20.4 Å². The summed E-state index contributed by atoms with van der Waals surface area (Å²) in [6.45, 7) is 5.59. The lowest BCUT2D eigenvalue weighted by molar-refractivity contribution is 0.161. The van der Waals surface area contributed by atoms with Gasteiger partial charge in [0.2, 0.25) is 11.8 Å². The Morgan fingerprint density at radius 3 is 2.73 bits per heavy atom. The highest BCUT2D eigenvalue weighted by molar-refractivity contribution is 4.87. The molecule has 0 spiro atoms. The van der Waals surface area contributed by atoms with E-state index in [9.17, 15) is 0 Å². The summed E-state index contributed by atoms with van der Waals surface area (Å²) in [4.78, 5) is 2.17. The van der Waals surface area contributed by atoms with Crippen LogP contribution in [0.2, 0.25) is 0 Å². The molecule has 0 N–H and O–H groups in total. The number of ether oxygens (including phenoxy) is 1. The second-order valence-corrected chi connectivity index (χ2v) is 3.66. The summed E-state index contributed by atoms with van der Waals surface area (Å²) in [6, 6.07) is 0.156. The Hall–Kier alpha value is -0.940. The summed E-state index contributed by atoms with van der Waals surface area (Å²) in [5, 5.41) is 7.82. The van der Waals surface area contributed by atoms with Crippen LogP contribution in [0.1, 0.15) is 31.2 Å². The highest BCUT2D eigenvalue weighted by atomic mass is 16.5. The minimum Gasteiger partial charge on any atom is -0.424 e. The number of hydrogen-bond donors (Lipinski definition) is 0. The van der Waals surface area contributed by atoms with Crippen LogP contribution in [0.25, 0.3) is 0 Å². The molecule has 1 aromatic rings. The SMILES string of the molecule is COCCCN(C)C(C)c1nnc(C)o1. The summed E-state index contributed by atoms with van der Waals surface area (Å²) in [7, 11) is 3.75. The Kier molecular flexibility index (Phi) is 4.71. The topological polar surface area (TPSA) is 51.4 Å². The van der Waals surface area contributed by atoms with Crippen LogP contribution in [0.15, 0.2) is 4.42 Å². The fourth-order valence-electron chi connectivity index (χ4n) is 1.32. The first-order chi connectivity index (χ1) is 7.15. The minimum absolute atomic E-state index is 0.156. The molecule has 5 nitrogen and oxygen atoms in total. The number of aromatic nitrogens is 2. The Morgan fingerprint density at radius 2 is 2.20 bits per heavy atom. The Bertz CT molecular complexity index is 288. The molecule has 86 valence electrons. The van der Waals surface area contributed by atoms with E-state index in [0.717, 1.165) is 19.6 Å². The van der Waals surface area contributed by atoms with Crippen LogP contribution in [-0.4, -0.2) is 42.4 Å². The van der Waals surface area contributed by atoms with Crippen LogP contribution in [0.5, 0.6) is 0 Å². The maximum Gasteiger partial charge on any atom is 0.233 e. The van der Waals surface area contributed by atoms with Gasteiger partial charge in [-0.25, -0.2) is 0 Å². The molecule has 0 radical (unpaired) electrons. The lowest BCUT2D eigenvalue weighted by Gasteiger charge is -2.21. The van der Waals surface area contributed by atoms with Gasteiger partial charge in [0.1, 0.15) is 0 Å². The van der Waals surface area contributed by atoms with Crippen molar-refractivity contribution in [2.24, 2.45) is 0 Å². The quantitative estimate of drug-likeness (QED) is 0.669. The van der Waals surface area contributed by atoms with E-state index in [1.165, 1.54) is 0 Å². The normalized spacial score (nSPS) is 13.4. The van der Waals surface area contributed by atoms with Gasteiger partial charge in [0.25, 0.3) is 0 Å². The predicted molar refractivity (Wildman–Crippen MR) is 56.6 cm³/mol. The van der Waals surface area contributed by atoms with E-state index in [1.54, 1.807) is 14.0 Å². The molecule has 0 aliphatic rings. The van der Waals surface area contributed by atoms with E-state index in [4.69, 9.17) is 9.15 Å². The van der Waals surface area contributed by atoms with E-state index in [1.807, 2.05) is 7.05 Å². The average molecular weight is 213 g/mol. The highest BCUT2D eigenvalue weighted by Gasteiger charge is 2.16. The molecule has 1 heterocycles. The largest absolute Gasteiger partial charge is 0.424 e. The van der Waals surface area contributed by atoms with Crippen LogP contribution < -0.4 is 0 Å². The number of methoxy groups -OCH3 is 1. The van der Waals surface area contributed by atoms with Crippen molar-refractivity contribution in [2.75, 3.05) is 27.3 Å². The molecule has 0 saturated heterocycles. The van der Waals surface area contributed by atoms with Crippen LogP contribution >= 0.6 is 0 Å². The van der Waals surface area contributed by atoms with Gasteiger partial charge in [-0.1, -0.05) is 0 Å².